The van der Waals surface area contributed by atoms with Gasteiger partial charge in [-0.3, -0.25) is 0 Å². The lowest BCUT2D eigenvalue weighted by atomic mass is 9.93. The van der Waals surface area contributed by atoms with E-state index in [9.17, 15) is 0 Å². The summed E-state index contributed by atoms with van der Waals surface area (Å²) in [6.07, 6.45) is 0. The first kappa shape index (κ1) is 30.7. The number of hydrogen-bond donors (Lipinski definition) is 0. The summed E-state index contributed by atoms with van der Waals surface area (Å²) >= 11 is 1.82. The summed E-state index contributed by atoms with van der Waals surface area (Å²) in [7, 11) is 0. The van der Waals surface area contributed by atoms with E-state index in [2.05, 4.69) is 164 Å². The summed E-state index contributed by atoms with van der Waals surface area (Å²) in [5.74, 6) is 0.695. The second kappa shape index (κ2) is 12.4. The van der Waals surface area contributed by atoms with Crippen LogP contribution in [0.4, 0.5) is 0 Å². The lowest BCUT2D eigenvalue weighted by Gasteiger charge is -2.14. The number of para-hydroxylation sites is 2. The van der Waals surface area contributed by atoms with Crippen molar-refractivity contribution in [2.24, 2.45) is 0 Å². The Bertz CT molecular complexity index is 3230. The summed E-state index contributed by atoms with van der Waals surface area (Å²) in [6, 6.07) is 64.5. The molecule has 4 heteroatoms. The van der Waals surface area contributed by atoms with Crippen LogP contribution in [0.1, 0.15) is 0 Å². The average Bonchev–Trinajstić information content (AvgIpc) is 3.82. The van der Waals surface area contributed by atoms with Crippen LogP contribution in [0.25, 0.3) is 109 Å². The van der Waals surface area contributed by atoms with Gasteiger partial charge in [0.2, 0.25) is 0 Å². The molecule has 0 unspecified atom stereocenters. The third kappa shape index (κ3) is 5.19. The second-order valence-electron chi connectivity index (χ2n) is 13.8. The number of benzene rings is 8. The van der Waals surface area contributed by atoms with E-state index in [0.29, 0.717) is 5.82 Å². The van der Waals surface area contributed by atoms with Crippen molar-refractivity contribution in [1.82, 2.24) is 9.97 Å². The Labute approximate surface area is 315 Å². The highest BCUT2D eigenvalue weighted by molar-refractivity contribution is 7.25. The molecule has 0 N–H and O–H groups in total. The third-order valence-electron chi connectivity index (χ3n) is 10.5. The summed E-state index contributed by atoms with van der Waals surface area (Å²) in [4.78, 5) is 10.6. The maximum Gasteiger partial charge on any atom is 0.160 e. The molecule has 0 amide bonds. The molecule has 3 heterocycles. The highest BCUT2D eigenvalue weighted by Crippen LogP contribution is 2.41. The normalized spacial score (nSPS) is 11.7. The van der Waals surface area contributed by atoms with E-state index in [1.165, 1.54) is 30.9 Å². The van der Waals surface area contributed by atoms with E-state index in [4.69, 9.17) is 14.4 Å². The van der Waals surface area contributed by atoms with Crippen LogP contribution in [0.15, 0.2) is 186 Å². The molecule has 11 aromatic rings. The zero-order valence-electron chi connectivity index (χ0n) is 29.0. The van der Waals surface area contributed by atoms with Gasteiger partial charge >= 0.3 is 0 Å². The lowest BCUT2D eigenvalue weighted by Crippen LogP contribution is -1.96. The summed E-state index contributed by atoms with van der Waals surface area (Å²) < 4.78 is 9.11. The number of aromatic nitrogens is 2. The molecular formula is C50H30N2OS. The minimum Gasteiger partial charge on any atom is -0.455 e. The van der Waals surface area contributed by atoms with Gasteiger partial charge < -0.3 is 4.42 Å². The maximum atomic E-state index is 6.57. The van der Waals surface area contributed by atoms with Crippen LogP contribution < -0.4 is 0 Å². The molecule has 0 fully saturated rings. The molecule has 252 valence electrons. The fraction of sp³-hybridized carbons (Fsp3) is 0. The molecule has 0 spiro atoms. The van der Waals surface area contributed by atoms with Crippen molar-refractivity contribution in [2.45, 2.75) is 0 Å². The Balaban J connectivity index is 1.16. The van der Waals surface area contributed by atoms with E-state index >= 15 is 0 Å². The third-order valence-corrected chi connectivity index (χ3v) is 11.6. The van der Waals surface area contributed by atoms with Crippen molar-refractivity contribution >= 4 is 64.2 Å². The Morgan fingerprint density at radius 2 is 1.06 bits per heavy atom. The fourth-order valence-electron chi connectivity index (χ4n) is 7.79. The molecular weight excluding hydrogens is 677 g/mol. The van der Waals surface area contributed by atoms with Crippen molar-refractivity contribution in [3.63, 3.8) is 0 Å². The van der Waals surface area contributed by atoms with Gasteiger partial charge in [-0.2, -0.15) is 0 Å². The number of nitrogens with zero attached hydrogens (tertiary/aromatic N) is 2. The van der Waals surface area contributed by atoms with E-state index < -0.39 is 0 Å². The van der Waals surface area contributed by atoms with Gasteiger partial charge in [-0.05, 0) is 88.1 Å². The molecule has 0 radical (unpaired) electrons. The number of hydrogen-bond acceptors (Lipinski definition) is 4. The Kier molecular flexibility index (Phi) is 7.04. The van der Waals surface area contributed by atoms with E-state index in [1.807, 2.05) is 29.5 Å². The molecule has 0 saturated carbocycles. The number of thiophene rings is 1. The van der Waals surface area contributed by atoms with Crippen LogP contribution in [0.3, 0.4) is 0 Å². The zero-order chi connectivity index (χ0) is 35.6. The molecule has 0 bridgehead atoms. The standard InChI is InChI=1S/C50H30N2OS/c1-2-12-32(13-3-1)44-30-45(52-50(51-44)35-23-24-48-43(29-35)41-16-7-9-20-47(41)54-48)38-27-36(34-22-21-31-11-4-5-14-33(31)25-34)26-37(28-38)39-17-10-18-42-40-15-6-8-19-46(40)53-49(39)42/h1-30H. The van der Waals surface area contributed by atoms with Crippen molar-refractivity contribution in [2.75, 3.05) is 0 Å². The van der Waals surface area contributed by atoms with Gasteiger partial charge in [-0.15, -0.1) is 11.3 Å². The van der Waals surface area contributed by atoms with Gasteiger partial charge in [-0.1, -0.05) is 121 Å². The van der Waals surface area contributed by atoms with Crippen LogP contribution in [0, 0.1) is 0 Å². The smallest absolute Gasteiger partial charge is 0.160 e. The van der Waals surface area contributed by atoms with Gasteiger partial charge in [0.05, 0.1) is 11.4 Å². The van der Waals surface area contributed by atoms with Crippen LogP contribution in [0.5, 0.6) is 0 Å². The first-order chi connectivity index (χ1) is 26.7. The molecule has 3 nitrogen and oxygen atoms in total. The molecule has 0 aliphatic heterocycles. The second-order valence-corrected chi connectivity index (χ2v) is 14.9. The number of fused-ring (bicyclic) bond motifs is 7. The zero-order valence-corrected chi connectivity index (χ0v) is 29.8. The van der Waals surface area contributed by atoms with Crippen molar-refractivity contribution in [3.8, 4) is 56.2 Å². The van der Waals surface area contributed by atoms with Crippen LogP contribution in [-0.2, 0) is 0 Å². The van der Waals surface area contributed by atoms with E-state index in [-0.39, 0.29) is 0 Å². The molecule has 0 aliphatic carbocycles. The Morgan fingerprint density at radius 3 is 1.96 bits per heavy atom. The Hall–Kier alpha value is -6.88. The van der Waals surface area contributed by atoms with Crippen LogP contribution in [-0.4, -0.2) is 9.97 Å². The van der Waals surface area contributed by atoms with E-state index in [1.54, 1.807) is 0 Å². The highest BCUT2D eigenvalue weighted by Gasteiger charge is 2.17. The maximum absolute atomic E-state index is 6.57. The fourth-order valence-corrected chi connectivity index (χ4v) is 8.87. The molecule has 11 rings (SSSR count). The summed E-state index contributed by atoms with van der Waals surface area (Å²) in [5.41, 5.74) is 10.9. The molecule has 54 heavy (non-hydrogen) atoms. The van der Waals surface area contributed by atoms with Gasteiger partial charge in [-0.25, -0.2) is 9.97 Å². The quantitative estimate of drug-likeness (QED) is 0.179. The minimum atomic E-state index is 0.695. The van der Waals surface area contributed by atoms with Crippen molar-refractivity contribution in [3.05, 3.63) is 182 Å². The van der Waals surface area contributed by atoms with Crippen molar-refractivity contribution < 1.29 is 4.42 Å². The monoisotopic (exact) mass is 706 g/mol. The summed E-state index contributed by atoms with van der Waals surface area (Å²) in [5, 5.41) is 7.12. The lowest BCUT2D eigenvalue weighted by molar-refractivity contribution is 0.670. The predicted octanol–water partition coefficient (Wildman–Crippen LogP) is 14.2. The summed E-state index contributed by atoms with van der Waals surface area (Å²) in [6.45, 7) is 0. The van der Waals surface area contributed by atoms with Gasteiger partial charge in [0.25, 0.3) is 0 Å². The SMILES string of the molecule is c1ccc(-c2cc(-c3cc(-c4ccc5ccccc5c4)cc(-c4cccc5c4oc4ccccc45)c3)nc(-c3ccc4sc5ccccc5c4c3)n2)cc1. The van der Waals surface area contributed by atoms with Crippen LogP contribution in [0.2, 0.25) is 0 Å². The van der Waals surface area contributed by atoms with Gasteiger partial charge in [0.1, 0.15) is 11.2 Å². The Morgan fingerprint density at radius 1 is 0.370 bits per heavy atom. The topological polar surface area (TPSA) is 38.9 Å². The molecule has 0 aliphatic rings. The largest absolute Gasteiger partial charge is 0.455 e. The molecule has 8 aromatic carbocycles. The number of furan rings is 1. The first-order valence-electron chi connectivity index (χ1n) is 18.1. The highest BCUT2D eigenvalue weighted by atomic mass is 32.1. The average molecular weight is 707 g/mol. The first-order valence-corrected chi connectivity index (χ1v) is 18.9. The minimum absolute atomic E-state index is 0.695. The van der Waals surface area contributed by atoms with Crippen LogP contribution >= 0.6 is 11.3 Å². The molecule has 0 atom stereocenters. The van der Waals surface area contributed by atoms with E-state index in [0.717, 1.165) is 72.3 Å². The van der Waals surface area contributed by atoms with Gasteiger partial charge in [0, 0.05) is 53.2 Å². The van der Waals surface area contributed by atoms with Gasteiger partial charge in [0.15, 0.2) is 5.82 Å². The molecule has 0 saturated heterocycles. The van der Waals surface area contributed by atoms with Crippen molar-refractivity contribution in [1.29, 1.82) is 0 Å². The predicted molar refractivity (Wildman–Crippen MR) is 227 cm³/mol. The number of rotatable bonds is 5. The molecule has 3 aromatic heterocycles.